The van der Waals surface area contributed by atoms with Crippen LogP contribution in [0.2, 0.25) is 0 Å². The highest BCUT2D eigenvalue weighted by Gasteiger charge is 2.22. The molecule has 148 valence electrons. The monoisotopic (exact) mass is 387 g/mol. The van der Waals surface area contributed by atoms with Gasteiger partial charge in [0.2, 0.25) is 0 Å². The summed E-state index contributed by atoms with van der Waals surface area (Å²) in [6.07, 6.45) is 0. The van der Waals surface area contributed by atoms with Gasteiger partial charge in [0.15, 0.2) is 0 Å². The van der Waals surface area contributed by atoms with Crippen molar-refractivity contribution in [2.75, 3.05) is 0 Å². The van der Waals surface area contributed by atoms with Crippen molar-refractivity contribution in [2.24, 2.45) is 5.92 Å². The number of imidazole rings is 1. The van der Waals surface area contributed by atoms with Crippen molar-refractivity contribution in [1.29, 1.82) is 0 Å². The van der Waals surface area contributed by atoms with Gasteiger partial charge in [-0.3, -0.25) is 4.79 Å². The predicted molar refractivity (Wildman–Crippen MR) is 114 cm³/mol. The van der Waals surface area contributed by atoms with Gasteiger partial charge in [-0.15, -0.1) is 0 Å². The third-order valence-electron chi connectivity index (χ3n) is 5.04. The molecule has 2 N–H and O–H groups in total. The van der Waals surface area contributed by atoms with Crippen LogP contribution < -0.4 is 5.32 Å². The van der Waals surface area contributed by atoms with Crippen molar-refractivity contribution in [3.05, 3.63) is 77.4 Å². The first-order valence-corrected chi connectivity index (χ1v) is 9.81. The van der Waals surface area contributed by atoms with E-state index >= 15 is 0 Å². The van der Waals surface area contributed by atoms with Crippen LogP contribution in [0.3, 0.4) is 0 Å². The molecule has 0 unspecified atom stereocenters. The Labute approximate surface area is 170 Å². The number of hydrogen-bond acceptors (Lipinski definition) is 3. The maximum atomic E-state index is 12.9. The second-order valence-electron chi connectivity index (χ2n) is 7.72. The second kappa shape index (κ2) is 7.54. The van der Waals surface area contributed by atoms with Crippen LogP contribution in [0.1, 0.15) is 47.5 Å². The quantitative estimate of drug-likeness (QED) is 0.530. The zero-order valence-electron chi connectivity index (χ0n) is 17.1. The molecular formula is C23H25N5O. The molecule has 0 saturated carbocycles. The number of aryl methyl sites for hydroxylation is 2. The average Bonchev–Trinajstić information content (AvgIpc) is 3.28. The number of nitrogens with one attached hydrogen (secondary N) is 2. The van der Waals surface area contributed by atoms with E-state index in [1.807, 2.05) is 73.1 Å². The SMILES string of the molecule is Cc1cc(C)n(-c2ccc(C(=O)N[C@H](c3nc4ccccc4[nH]3)C(C)C)cc2)n1. The molecule has 0 spiro atoms. The van der Waals surface area contributed by atoms with Gasteiger partial charge >= 0.3 is 0 Å². The molecule has 2 heterocycles. The van der Waals surface area contributed by atoms with Crippen LogP contribution in [-0.2, 0) is 0 Å². The number of para-hydroxylation sites is 2. The van der Waals surface area contributed by atoms with E-state index in [0.29, 0.717) is 5.56 Å². The van der Waals surface area contributed by atoms with E-state index in [2.05, 4.69) is 34.2 Å². The number of amides is 1. The summed E-state index contributed by atoms with van der Waals surface area (Å²) in [6, 6.07) is 17.2. The van der Waals surface area contributed by atoms with Gasteiger partial charge in [0, 0.05) is 11.3 Å². The topological polar surface area (TPSA) is 75.6 Å². The van der Waals surface area contributed by atoms with Crippen LogP contribution in [0.15, 0.2) is 54.6 Å². The van der Waals surface area contributed by atoms with E-state index in [4.69, 9.17) is 0 Å². The molecule has 0 saturated heterocycles. The van der Waals surface area contributed by atoms with Crippen molar-refractivity contribution < 1.29 is 4.79 Å². The molecule has 2 aromatic carbocycles. The minimum atomic E-state index is -0.203. The van der Waals surface area contributed by atoms with Crippen LogP contribution in [0.5, 0.6) is 0 Å². The van der Waals surface area contributed by atoms with Crippen molar-refractivity contribution in [3.8, 4) is 5.69 Å². The lowest BCUT2D eigenvalue weighted by molar-refractivity contribution is 0.0923. The van der Waals surface area contributed by atoms with E-state index in [1.165, 1.54) is 0 Å². The molecule has 29 heavy (non-hydrogen) atoms. The molecule has 4 aromatic rings. The molecule has 0 bridgehead atoms. The number of hydrogen-bond donors (Lipinski definition) is 2. The van der Waals surface area contributed by atoms with E-state index in [-0.39, 0.29) is 17.9 Å². The maximum absolute atomic E-state index is 12.9. The van der Waals surface area contributed by atoms with Crippen molar-refractivity contribution >= 4 is 16.9 Å². The van der Waals surface area contributed by atoms with Gasteiger partial charge in [0.1, 0.15) is 5.82 Å². The Bertz CT molecular complexity index is 1120. The van der Waals surface area contributed by atoms with Gasteiger partial charge in [-0.2, -0.15) is 5.10 Å². The van der Waals surface area contributed by atoms with Gasteiger partial charge in [0.05, 0.1) is 28.5 Å². The first-order chi connectivity index (χ1) is 13.9. The largest absolute Gasteiger partial charge is 0.342 e. The fourth-order valence-electron chi connectivity index (χ4n) is 3.54. The summed E-state index contributed by atoms with van der Waals surface area (Å²) < 4.78 is 1.88. The summed E-state index contributed by atoms with van der Waals surface area (Å²) in [4.78, 5) is 20.9. The predicted octanol–water partition coefficient (Wildman–Crippen LogP) is 4.49. The molecular weight excluding hydrogens is 362 g/mol. The number of benzene rings is 2. The van der Waals surface area contributed by atoms with E-state index < -0.39 is 0 Å². The standard InChI is InChI=1S/C23H25N5O/c1-14(2)21(22-24-19-7-5-6-8-20(19)25-22)26-23(29)17-9-11-18(12-10-17)28-16(4)13-15(3)27-28/h5-14,21H,1-4H3,(H,24,25)(H,26,29)/t21-/m0/s1. The smallest absolute Gasteiger partial charge is 0.251 e. The Balaban J connectivity index is 1.55. The molecule has 6 heteroatoms. The van der Waals surface area contributed by atoms with E-state index in [1.54, 1.807) is 0 Å². The fraction of sp³-hybridized carbons (Fsp3) is 0.261. The number of rotatable bonds is 5. The summed E-state index contributed by atoms with van der Waals surface area (Å²) in [5.74, 6) is 0.839. The fourth-order valence-corrected chi connectivity index (χ4v) is 3.54. The van der Waals surface area contributed by atoms with E-state index in [9.17, 15) is 4.79 Å². The number of carbonyl (C=O) groups excluding carboxylic acids is 1. The Hall–Kier alpha value is -3.41. The number of nitrogens with zero attached hydrogens (tertiary/aromatic N) is 3. The average molecular weight is 387 g/mol. The Kier molecular flexibility index (Phi) is 4.92. The lowest BCUT2D eigenvalue weighted by Gasteiger charge is -2.20. The lowest BCUT2D eigenvalue weighted by Crippen LogP contribution is -2.32. The van der Waals surface area contributed by atoms with Crippen LogP contribution in [0, 0.1) is 19.8 Å². The number of aromatic nitrogens is 4. The van der Waals surface area contributed by atoms with Crippen LogP contribution in [0.4, 0.5) is 0 Å². The zero-order chi connectivity index (χ0) is 20.5. The van der Waals surface area contributed by atoms with Gasteiger partial charge in [-0.1, -0.05) is 26.0 Å². The van der Waals surface area contributed by atoms with Crippen molar-refractivity contribution in [3.63, 3.8) is 0 Å². The summed E-state index contributed by atoms with van der Waals surface area (Å²) in [6.45, 7) is 8.13. The number of H-pyrrole nitrogens is 1. The molecule has 6 nitrogen and oxygen atoms in total. The summed E-state index contributed by atoms with van der Waals surface area (Å²) in [5, 5.41) is 7.62. The minimum Gasteiger partial charge on any atom is -0.342 e. The van der Waals surface area contributed by atoms with Crippen LogP contribution in [0.25, 0.3) is 16.7 Å². The molecule has 2 aromatic heterocycles. The third-order valence-corrected chi connectivity index (χ3v) is 5.04. The van der Waals surface area contributed by atoms with Crippen molar-refractivity contribution in [2.45, 2.75) is 33.7 Å². The molecule has 4 rings (SSSR count). The number of aromatic amines is 1. The molecule has 0 fully saturated rings. The molecule has 0 radical (unpaired) electrons. The Morgan fingerprint density at radius 2 is 1.79 bits per heavy atom. The highest BCUT2D eigenvalue weighted by Crippen LogP contribution is 2.23. The van der Waals surface area contributed by atoms with Crippen LogP contribution >= 0.6 is 0 Å². The normalized spacial score (nSPS) is 12.4. The maximum Gasteiger partial charge on any atom is 0.251 e. The van der Waals surface area contributed by atoms with Crippen LogP contribution in [-0.4, -0.2) is 25.7 Å². The molecule has 0 aliphatic heterocycles. The zero-order valence-corrected chi connectivity index (χ0v) is 17.1. The highest BCUT2D eigenvalue weighted by atomic mass is 16.1. The van der Waals surface area contributed by atoms with Gasteiger partial charge in [0.25, 0.3) is 5.91 Å². The third kappa shape index (κ3) is 3.78. The number of fused-ring (bicyclic) bond motifs is 1. The van der Waals surface area contributed by atoms with Crippen molar-refractivity contribution in [1.82, 2.24) is 25.1 Å². The van der Waals surface area contributed by atoms with Gasteiger partial charge in [-0.05, 0) is 62.2 Å². The molecule has 1 atom stereocenters. The number of carbonyl (C=O) groups is 1. The summed E-state index contributed by atoms with van der Waals surface area (Å²) >= 11 is 0. The first-order valence-electron chi connectivity index (χ1n) is 9.81. The molecule has 1 amide bonds. The molecule has 0 aliphatic rings. The first kappa shape index (κ1) is 18.9. The summed E-state index contributed by atoms with van der Waals surface area (Å²) in [5.41, 5.74) is 5.44. The highest BCUT2D eigenvalue weighted by molar-refractivity contribution is 5.94. The second-order valence-corrected chi connectivity index (χ2v) is 7.72. The van der Waals surface area contributed by atoms with E-state index in [0.717, 1.165) is 33.9 Å². The summed E-state index contributed by atoms with van der Waals surface area (Å²) in [7, 11) is 0. The minimum absolute atomic E-state index is 0.121. The molecule has 0 aliphatic carbocycles. The Morgan fingerprint density at radius 3 is 2.41 bits per heavy atom. The lowest BCUT2D eigenvalue weighted by atomic mass is 10.0. The van der Waals surface area contributed by atoms with Gasteiger partial charge < -0.3 is 10.3 Å². The van der Waals surface area contributed by atoms with Gasteiger partial charge in [-0.25, -0.2) is 9.67 Å². The Morgan fingerprint density at radius 1 is 1.07 bits per heavy atom.